The Morgan fingerprint density at radius 3 is 3.00 bits per heavy atom. The molecule has 1 N–H and O–H groups in total. The standard InChI is InChI=1S/C15H21NO3S/c17-14(10-15(18)5-1-2-6-15)16-7-8-19-12(11-16)13-4-3-9-20-13/h3-4,9,12,18H,1-2,5-8,10-11H2. The molecule has 1 unspecified atom stereocenters. The Hall–Kier alpha value is -0.910. The topological polar surface area (TPSA) is 49.8 Å². The number of amides is 1. The molecule has 1 atom stereocenters. The van der Waals surface area contributed by atoms with Crippen molar-refractivity contribution >= 4 is 17.2 Å². The molecule has 4 nitrogen and oxygen atoms in total. The van der Waals surface area contributed by atoms with E-state index in [4.69, 9.17) is 4.74 Å². The predicted molar refractivity (Wildman–Crippen MR) is 77.6 cm³/mol. The minimum Gasteiger partial charge on any atom is -0.389 e. The Morgan fingerprint density at radius 1 is 1.50 bits per heavy atom. The van der Waals surface area contributed by atoms with Gasteiger partial charge in [-0.2, -0.15) is 0 Å². The van der Waals surface area contributed by atoms with Gasteiger partial charge in [-0.05, 0) is 24.3 Å². The number of thiophene rings is 1. The van der Waals surface area contributed by atoms with Crippen molar-refractivity contribution in [3.8, 4) is 0 Å². The van der Waals surface area contributed by atoms with Crippen LogP contribution in [0.4, 0.5) is 0 Å². The summed E-state index contributed by atoms with van der Waals surface area (Å²) in [7, 11) is 0. The van der Waals surface area contributed by atoms with Gasteiger partial charge in [0.1, 0.15) is 6.10 Å². The van der Waals surface area contributed by atoms with E-state index in [1.54, 1.807) is 11.3 Å². The van der Waals surface area contributed by atoms with Gasteiger partial charge in [-0.1, -0.05) is 18.9 Å². The molecule has 0 aromatic carbocycles. The lowest BCUT2D eigenvalue weighted by atomic mass is 9.97. The van der Waals surface area contributed by atoms with E-state index in [-0.39, 0.29) is 18.4 Å². The first-order chi connectivity index (χ1) is 9.66. The van der Waals surface area contributed by atoms with Crippen LogP contribution < -0.4 is 0 Å². The zero-order valence-corrected chi connectivity index (χ0v) is 12.4. The van der Waals surface area contributed by atoms with Crippen molar-refractivity contribution in [2.24, 2.45) is 0 Å². The third kappa shape index (κ3) is 3.05. The van der Waals surface area contributed by atoms with E-state index < -0.39 is 5.60 Å². The minimum absolute atomic E-state index is 0.00841. The average Bonchev–Trinajstić information content (AvgIpc) is 3.10. The molecule has 1 aliphatic heterocycles. The number of aliphatic hydroxyl groups is 1. The van der Waals surface area contributed by atoms with Gasteiger partial charge in [0, 0.05) is 11.4 Å². The minimum atomic E-state index is -0.756. The molecule has 2 aliphatic rings. The number of carbonyl (C=O) groups excluding carboxylic acids is 1. The number of hydrogen-bond acceptors (Lipinski definition) is 4. The molecule has 1 aromatic heterocycles. The van der Waals surface area contributed by atoms with E-state index in [1.165, 1.54) is 4.88 Å². The maximum Gasteiger partial charge on any atom is 0.225 e. The number of morpholine rings is 1. The zero-order chi connectivity index (χ0) is 14.0. The van der Waals surface area contributed by atoms with Crippen molar-refractivity contribution in [3.63, 3.8) is 0 Å². The number of rotatable bonds is 3. The largest absolute Gasteiger partial charge is 0.389 e. The van der Waals surface area contributed by atoms with Crippen LogP contribution in [0.15, 0.2) is 17.5 Å². The Bertz CT molecular complexity index is 454. The van der Waals surface area contributed by atoms with Crippen molar-refractivity contribution in [3.05, 3.63) is 22.4 Å². The van der Waals surface area contributed by atoms with E-state index in [1.807, 2.05) is 22.4 Å². The third-order valence-corrected chi connectivity index (χ3v) is 5.26. The lowest BCUT2D eigenvalue weighted by molar-refractivity contribution is -0.143. The second-order valence-corrected chi connectivity index (χ2v) is 6.80. The Morgan fingerprint density at radius 2 is 2.30 bits per heavy atom. The van der Waals surface area contributed by atoms with Crippen LogP contribution in [0.25, 0.3) is 0 Å². The summed E-state index contributed by atoms with van der Waals surface area (Å²) in [5, 5.41) is 12.4. The summed E-state index contributed by atoms with van der Waals surface area (Å²) in [5.74, 6) is 0.0688. The summed E-state index contributed by atoms with van der Waals surface area (Å²) in [6.45, 7) is 1.82. The van der Waals surface area contributed by atoms with Gasteiger partial charge in [-0.15, -0.1) is 11.3 Å². The van der Waals surface area contributed by atoms with E-state index in [0.29, 0.717) is 19.7 Å². The van der Waals surface area contributed by atoms with Crippen molar-refractivity contribution in [2.75, 3.05) is 19.7 Å². The van der Waals surface area contributed by atoms with E-state index >= 15 is 0 Å². The fraction of sp³-hybridized carbons (Fsp3) is 0.667. The number of hydrogen-bond donors (Lipinski definition) is 1. The van der Waals surface area contributed by atoms with Crippen molar-refractivity contribution in [1.82, 2.24) is 4.90 Å². The summed E-state index contributed by atoms with van der Waals surface area (Å²) in [4.78, 5) is 15.4. The van der Waals surface area contributed by atoms with Gasteiger partial charge in [0.05, 0.1) is 25.2 Å². The lowest BCUT2D eigenvalue weighted by Gasteiger charge is -2.34. The Balaban J connectivity index is 1.60. The fourth-order valence-corrected chi connectivity index (χ4v) is 3.89. The molecule has 110 valence electrons. The highest BCUT2D eigenvalue weighted by molar-refractivity contribution is 7.10. The highest BCUT2D eigenvalue weighted by Crippen LogP contribution is 2.33. The smallest absolute Gasteiger partial charge is 0.225 e. The number of carbonyl (C=O) groups is 1. The van der Waals surface area contributed by atoms with Gasteiger partial charge in [0.2, 0.25) is 5.91 Å². The van der Waals surface area contributed by atoms with Crippen LogP contribution in [0.1, 0.15) is 43.1 Å². The van der Waals surface area contributed by atoms with Crippen molar-refractivity contribution < 1.29 is 14.6 Å². The van der Waals surface area contributed by atoms with Crippen LogP contribution in [-0.2, 0) is 9.53 Å². The molecule has 1 saturated carbocycles. The molecule has 1 aromatic rings. The maximum absolute atomic E-state index is 12.4. The summed E-state index contributed by atoms with van der Waals surface area (Å²) >= 11 is 1.66. The molecule has 1 aliphatic carbocycles. The van der Waals surface area contributed by atoms with E-state index in [0.717, 1.165) is 25.7 Å². The number of nitrogens with zero attached hydrogens (tertiary/aromatic N) is 1. The van der Waals surface area contributed by atoms with Crippen molar-refractivity contribution in [2.45, 2.75) is 43.8 Å². The zero-order valence-electron chi connectivity index (χ0n) is 11.6. The summed E-state index contributed by atoms with van der Waals surface area (Å²) < 4.78 is 5.75. The molecule has 2 fully saturated rings. The van der Waals surface area contributed by atoms with Gasteiger partial charge < -0.3 is 14.7 Å². The maximum atomic E-state index is 12.4. The van der Waals surface area contributed by atoms with Crippen LogP contribution >= 0.6 is 11.3 Å². The first kappa shape index (κ1) is 14.0. The van der Waals surface area contributed by atoms with Gasteiger partial charge in [0.25, 0.3) is 0 Å². The quantitative estimate of drug-likeness (QED) is 0.931. The highest BCUT2D eigenvalue weighted by Gasteiger charge is 2.36. The predicted octanol–water partition coefficient (Wildman–Crippen LogP) is 2.34. The molecule has 1 saturated heterocycles. The normalized spacial score (nSPS) is 25.9. The molecular formula is C15H21NO3S. The number of ether oxygens (including phenoxy) is 1. The highest BCUT2D eigenvalue weighted by atomic mass is 32.1. The van der Waals surface area contributed by atoms with Gasteiger partial charge >= 0.3 is 0 Å². The van der Waals surface area contributed by atoms with Gasteiger partial charge in [-0.25, -0.2) is 0 Å². The van der Waals surface area contributed by atoms with Crippen LogP contribution in [0.2, 0.25) is 0 Å². The summed E-state index contributed by atoms with van der Waals surface area (Å²) in [6.07, 6.45) is 3.85. The molecule has 20 heavy (non-hydrogen) atoms. The molecule has 1 amide bonds. The Kier molecular flexibility index (Phi) is 4.10. The third-order valence-electron chi connectivity index (χ3n) is 4.29. The Labute approximate surface area is 123 Å². The lowest BCUT2D eigenvalue weighted by Crippen LogP contribution is -2.45. The second-order valence-electron chi connectivity index (χ2n) is 5.82. The monoisotopic (exact) mass is 295 g/mol. The van der Waals surface area contributed by atoms with Gasteiger partial charge in [-0.3, -0.25) is 4.79 Å². The van der Waals surface area contributed by atoms with Gasteiger partial charge in [0.15, 0.2) is 0 Å². The molecule has 2 heterocycles. The fourth-order valence-electron chi connectivity index (χ4n) is 3.13. The average molecular weight is 295 g/mol. The molecular weight excluding hydrogens is 274 g/mol. The van der Waals surface area contributed by atoms with Crippen LogP contribution in [0.5, 0.6) is 0 Å². The summed E-state index contributed by atoms with van der Waals surface area (Å²) in [6, 6.07) is 4.05. The molecule has 3 rings (SSSR count). The van der Waals surface area contributed by atoms with Crippen LogP contribution in [0, 0.1) is 0 Å². The van der Waals surface area contributed by atoms with Crippen LogP contribution in [-0.4, -0.2) is 41.2 Å². The second kappa shape index (κ2) is 5.84. The molecule has 0 bridgehead atoms. The molecule has 5 heteroatoms. The first-order valence-corrected chi connectivity index (χ1v) is 8.19. The van der Waals surface area contributed by atoms with E-state index in [9.17, 15) is 9.90 Å². The summed E-state index contributed by atoms with van der Waals surface area (Å²) in [5.41, 5.74) is -0.756. The first-order valence-electron chi connectivity index (χ1n) is 7.31. The van der Waals surface area contributed by atoms with Crippen molar-refractivity contribution in [1.29, 1.82) is 0 Å². The SMILES string of the molecule is O=C(CC1(O)CCCC1)N1CCOC(c2cccs2)C1. The molecule has 0 radical (unpaired) electrons. The molecule has 0 spiro atoms. The van der Waals surface area contributed by atoms with Crippen LogP contribution in [0.3, 0.4) is 0 Å². The van der Waals surface area contributed by atoms with E-state index in [2.05, 4.69) is 0 Å².